The maximum atomic E-state index is 10.1. The molecule has 58 valence electrons. The molecule has 0 bridgehead atoms. The number of nitrogens with zero attached hydrogens (tertiary/aromatic N) is 2. The van der Waals surface area contributed by atoms with E-state index in [1.807, 2.05) is 0 Å². The van der Waals surface area contributed by atoms with Crippen molar-refractivity contribution in [1.29, 1.82) is 0 Å². The molecule has 0 aromatic heterocycles. The lowest BCUT2D eigenvalue weighted by Gasteiger charge is -2.10. The van der Waals surface area contributed by atoms with Crippen molar-refractivity contribution < 1.29 is 0 Å². The molecule has 0 saturated heterocycles. The van der Waals surface area contributed by atoms with Crippen LogP contribution in [0, 0.1) is 10.4 Å². The van der Waals surface area contributed by atoms with Crippen LogP contribution in [0.25, 0.3) is 0 Å². The first-order valence-electron chi connectivity index (χ1n) is 3.05. The minimum atomic E-state index is 0.315. The molecule has 0 aliphatic heterocycles. The predicted molar refractivity (Wildman–Crippen MR) is 44.5 cm³/mol. The Bertz CT molecular complexity index is 274. The van der Waals surface area contributed by atoms with Crippen LogP contribution in [0.1, 0.15) is 6.92 Å². The van der Waals surface area contributed by atoms with Crippen LogP contribution in [0.3, 0.4) is 0 Å². The third-order valence-corrected chi connectivity index (χ3v) is 1.38. The van der Waals surface area contributed by atoms with Crippen molar-refractivity contribution in [1.82, 2.24) is 0 Å². The van der Waals surface area contributed by atoms with Crippen LogP contribution in [0.5, 0.6) is 0 Å². The highest BCUT2D eigenvalue weighted by Crippen LogP contribution is 2.06. The van der Waals surface area contributed by atoms with E-state index in [0.29, 0.717) is 17.0 Å². The molecule has 1 rings (SSSR count). The molecule has 0 aromatic carbocycles. The molecular formula is C7H6N2O2-2. The summed E-state index contributed by atoms with van der Waals surface area (Å²) in [5.41, 5.74) is 1.32. The van der Waals surface area contributed by atoms with Gasteiger partial charge in [-0.05, 0) is 30.7 Å². The van der Waals surface area contributed by atoms with Crippen LogP contribution >= 0.6 is 0 Å². The molecule has 11 heavy (non-hydrogen) atoms. The van der Waals surface area contributed by atoms with Gasteiger partial charge in [-0.25, -0.2) is 0 Å². The normalized spacial score (nSPS) is 24.3. The Morgan fingerprint density at radius 1 is 1.18 bits per heavy atom. The third kappa shape index (κ3) is 1.46. The van der Waals surface area contributed by atoms with Gasteiger partial charge in [0.25, 0.3) is 0 Å². The van der Waals surface area contributed by atoms with Crippen LogP contribution in [0.2, 0.25) is 0 Å². The maximum absolute atomic E-state index is 10.1. The lowest BCUT2D eigenvalue weighted by Crippen LogP contribution is -2.04. The summed E-state index contributed by atoms with van der Waals surface area (Å²) in [6.07, 6.45) is 4.44. The van der Waals surface area contributed by atoms with E-state index in [1.165, 1.54) is 18.2 Å². The molecule has 4 heteroatoms. The third-order valence-electron chi connectivity index (χ3n) is 1.38. The number of allylic oxidation sites excluding steroid dienone is 4. The van der Waals surface area contributed by atoms with Gasteiger partial charge in [0.2, 0.25) is 0 Å². The lowest BCUT2D eigenvalue weighted by molar-refractivity contribution is 1.50. The van der Waals surface area contributed by atoms with E-state index in [1.54, 1.807) is 6.92 Å². The van der Waals surface area contributed by atoms with Crippen molar-refractivity contribution in [2.75, 3.05) is 0 Å². The molecule has 0 radical (unpaired) electrons. The number of hydrogen-bond acceptors (Lipinski definition) is 4. The summed E-state index contributed by atoms with van der Waals surface area (Å²) < 4.78 is 0. The van der Waals surface area contributed by atoms with E-state index in [4.69, 9.17) is 0 Å². The van der Waals surface area contributed by atoms with Gasteiger partial charge in [-0.3, -0.25) is 0 Å². The second-order valence-corrected chi connectivity index (χ2v) is 2.15. The standard InChI is InChI=1S/C7H8N2O2/c1-5-4-6(8-10)2-3-7(5)9-11/h2-4,10-11H,1H3/p-2. The fourth-order valence-corrected chi connectivity index (χ4v) is 0.799. The quantitative estimate of drug-likeness (QED) is 0.386. The van der Waals surface area contributed by atoms with Gasteiger partial charge >= 0.3 is 0 Å². The Balaban J connectivity index is 2.97. The second-order valence-electron chi connectivity index (χ2n) is 2.15. The fourth-order valence-electron chi connectivity index (χ4n) is 0.799. The van der Waals surface area contributed by atoms with Gasteiger partial charge in [0, 0.05) is 0 Å². The summed E-state index contributed by atoms with van der Waals surface area (Å²) in [6, 6.07) is 0. The minimum absolute atomic E-state index is 0.315. The van der Waals surface area contributed by atoms with E-state index >= 15 is 0 Å². The molecule has 0 amide bonds. The van der Waals surface area contributed by atoms with E-state index in [-0.39, 0.29) is 0 Å². The summed E-state index contributed by atoms with van der Waals surface area (Å²) in [7, 11) is 0. The Morgan fingerprint density at radius 3 is 2.36 bits per heavy atom. The van der Waals surface area contributed by atoms with Crippen molar-refractivity contribution in [3.63, 3.8) is 0 Å². The van der Waals surface area contributed by atoms with E-state index < -0.39 is 0 Å². The van der Waals surface area contributed by atoms with Crippen molar-refractivity contribution in [2.45, 2.75) is 6.92 Å². The zero-order valence-corrected chi connectivity index (χ0v) is 5.94. The SMILES string of the molecule is CC1=CC(=N[O-])C=CC1=N[O-]. The highest BCUT2D eigenvalue weighted by Gasteiger charge is 2.01. The molecule has 0 aromatic rings. The average molecular weight is 150 g/mol. The molecule has 4 nitrogen and oxygen atoms in total. The molecule has 0 N–H and O–H groups in total. The first-order valence-corrected chi connectivity index (χ1v) is 3.05. The van der Waals surface area contributed by atoms with Gasteiger partial charge in [-0.1, -0.05) is 0 Å². The van der Waals surface area contributed by atoms with Crippen molar-refractivity contribution in [3.8, 4) is 0 Å². The summed E-state index contributed by atoms with van der Waals surface area (Å²) >= 11 is 0. The van der Waals surface area contributed by atoms with Crippen LogP contribution in [0.4, 0.5) is 0 Å². The van der Waals surface area contributed by atoms with E-state index in [2.05, 4.69) is 10.3 Å². The number of rotatable bonds is 0. The van der Waals surface area contributed by atoms with Gasteiger partial charge in [0.05, 0.1) is 11.4 Å². The van der Waals surface area contributed by atoms with Gasteiger partial charge in [0.15, 0.2) is 0 Å². The molecular weight excluding hydrogens is 144 g/mol. The highest BCUT2D eigenvalue weighted by molar-refractivity contribution is 6.21. The maximum Gasteiger partial charge on any atom is 0.0550 e. The van der Waals surface area contributed by atoms with Gasteiger partial charge in [-0.15, -0.1) is 0 Å². The Kier molecular flexibility index (Phi) is 2.06. The van der Waals surface area contributed by atoms with Crippen LogP contribution in [-0.2, 0) is 0 Å². The first kappa shape index (κ1) is 7.53. The topological polar surface area (TPSA) is 70.8 Å². The Hall–Kier alpha value is -1.58. The van der Waals surface area contributed by atoms with Crippen molar-refractivity contribution >= 4 is 11.4 Å². The lowest BCUT2D eigenvalue weighted by atomic mass is 10.0. The number of hydrogen-bond donors (Lipinski definition) is 0. The molecule has 0 saturated carbocycles. The van der Waals surface area contributed by atoms with Gasteiger partial charge in [0.1, 0.15) is 0 Å². The Morgan fingerprint density at radius 2 is 1.91 bits per heavy atom. The summed E-state index contributed by atoms with van der Waals surface area (Å²) in [5.74, 6) is 0. The van der Waals surface area contributed by atoms with Gasteiger partial charge < -0.3 is 20.7 Å². The second kappa shape index (κ2) is 3.01. The van der Waals surface area contributed by atoms with Crippen LogP contribution < -0.4 is 0 Å². The molecule has 1 aliphatic carbocycles. The van der Waals surface area contributed by atoms with Crippen molar-refractivity contribution in [3.05, 3.63) is 34.2 Å². The molecule has 1 aliphatic rings. The fraction of sp³-hybridized carbons (Fsp3) is 0.143. The van der Waals surface area contributed by atoms with E-state index in [9.17, 15) is 10.4 Å². The first-order chi connectivity index (χ1) is 5.27. The van der Waals surface area contributed by atoms with Crippen LogP contribution in [-0.4, -0.2) is 11.4 Å². The average Bonchev–Trinajstić information content (AvgIpc) is 2.04. The largest absolute Gasteiger partial charge is 0.792 e. The summed E-state index contributed by atoms with van der Waals surface area (Å²) in [5, 5.41) is 25.5. The minimum Gasteiger partial charge on any atom is -0.792 e. The van der Waals surface area contributed by atoms with Gasteiger partial charge in [-0.2, -0.15) is 0 Å². The molecule has 0 unspecified atom stereocenters. The predicted octanol–water partition coefficient (Wildman–Crippen LogP) is 1.38. The summed E-state index contributed by atoms with van der Waals surface area (Å²) in [4.78, 5) is 0. The van der Waals surface area contributed by atoms with Crippen LogP contribution in [0.15, 0.2) is 34.1 Å². The smallest absolute Gasteiger partial charge is 0.0550 e. The van der Waals surface area contributed by atoms with Crippen molar-refractivity contribution in [2.24, 2.45) is 10.3 Å². The molecule has 0 atom stereocenters. The zero-order chi connectivity index (χ0) is 8.27. The zero-order valence-electron chi connectivity index (χ0n) is 5.94. The summed E-state index contributed by atoms with van der Waals surface area (Å²) in [6.45, 7) is 1.70. The Labute approximate surface area is 63.8 Å². The molecule has 0 spiro atoms. The van der Waals surface area contributed by atoms with E-state index in [0.717, 1.165) is 0 Å². The molecule has 0 heterocycles. The monoisotopic (exact) mass is 150 g/mol. The molecule has 0 fully saturated rings. The highest BCUT2D eigenvalue weighted by atomic mass is 16.4.